The highest BCUT2D eigenvalue weighted by molar-refractivity contribution is 5.97. The SMILES string of the molecule is O=C(NCc1ccccc1F)c1ccc(C(=O)N2CCc3ccccc3C2)cc1. The van der Waals surface area contributed by atoms with Crippen molar-refractivity contribution >= 4 is 11.8 Å². The van der Waals surface area contributed by atoms with Gasteiger partial charge in [-0.25, -0.2) is 4.39 Å². The Bertz CT molecular complexity index is 1050. The van der Waals surface area contributed by atoms with Gasteiger partial charge in [0.05, 0.1) is 0 Å². The van der Waals surface area contributed by atoms with E-state index in [9.17, 15) is 14.0 Å². The molecule has 29 heavy (non-hydrogen) atoms. The van der Waals surface area contributed by atoms with Crippen LogP contribution in [0.2, 0.25) is 0 Å². The summed E-state index contributed by atoms with van der Waals surface area (Å²) in [7, 11) is 0. The minimum atomic E-state index is -0.350. The molecular weight excluding hydrogens is 367 g/mol. The zero-order chi connectivity index (χ0) is 20.2. The van der Waals surface area contributed by atoms with Crippen LogP contribution in [0.25, 0.3) is 0 Å². The summed E-state index contributed by atoms with van der Waals surface area (Å²) in [5.41, 5.74) is 3.88. The first-order valence-electron chi connectivity index (χ1n) is 9.59. The molecule has 0 spiro atoms. The topological polar surface area (TPSA) is 49.4 Å². The molecule has 146 valence electrons. The number of nitrogens with zero attached hydrogens (tertiary/aromatic N) is 1. The van der Waals surface area contributed by atoms with Crippen molar-refractivity contribution < 1.29 is 14.0 Å². The Labute approximate surface area is 169 Å². The van der Waals surface area contributed by atoms with E-state index in [1.54, 1.807) is 42.5 Å². The smallest absolute Gasteiger partial charge is 0.254 e. The first-order chi connectivity index (χ1) is 14.1. The highest BCUT2D eigenvalue weighted by atomic mass is 19.1. The van der Waals surface area contributed by atoms with Gasteiger partial charge in [0.1, 0.15) is 5.82 Å². The van der Waals surface area contributed by atoms with Crippen LogP contribution in [0.4, 0.5) is 4.39 Å². The summed E-state index contributed by atoms with van der Waals surface area (Å²) in [6.45, 7) is 1.39. The molecule has 0 fully saturated rings. The lowest BCUT2D eigenvalue weighted by Gasteiger charge is -2.29. The summed E-state index contributed by atoms with van der Waals surface area (Å²) in [6.07, 6.45) is 0.846. The van der Waals surface area contributed by atoms with Gasteiger partial charge in [-0.1, -0.05) is 42.5 Å². The Morgan fingerprint density at radius 1 is 0.862 bits per heavy atom. The fourth-order valence-corrected chi connectivity index (χ4v) is 3.54. The maximum atomic E-state index is 13.7. The van der Waals surface area contributed by atoms with Crippen molar-refractivity contribution in [3.05, 3.63) is 106 Å². The zero-order valence-corrected chi connectivity index (χ0v) is 15.9. The monoisotopic (exact) mass is 388 g/mol. The first-order valence-corrected chi connectivity index (χ1v) is 9.59. The van der Waals surface area contributed by atoms with Crippen molar-refractivity contribution in [2.75, 3.05) is 6.54 Å². The van der Waals surface area contributed by atoms with E-state index in [0.29, 0.717) is 29.8 Å². The molecule has 1 aliphatic heterocycles. The van der Waals surface area contributed by atoms with Crippen LogP contribution in [0.5, 0.6) is 0 Å². The van der Waals surface area contributed by atoms with Gasteiger partial charge in [0.25, 0.3) is 11.8 Å². The molecular formula is C24H21FN2O2. The molecule has 0 bridgehead atoms. The summed E-state index contributed by atoms with van der Waals surface area (Å²) in [6, 6.07) is 21.1. The van der Waals surface area contributed by atoms with Crippen LogP contribution in [-0.2, 0) is 19.5 Å². The summed E-state index contributed by atoms with van der Waals surface area (Å²) in [5, 5.41) is 2.70. The highest BCUT2D eigenvalue weighted by Crippen LogP contribution is 2.20. The number of rotatable bonds is 4. The van der Waals surface area contributed by atoms with Gasteiger partial charge >= 0.3 is 0 Å². The standard InChI is InChI=1S/C24H21FN2O2/c25-22-8-4-3-6-20(22)15-26-23(28)18-9-11-19(12-10-18)24(29)27-14-13-17-5-1-2-7-21(17)16-27/h1-12H,13-16H2,(H,26,28). The molecule has 0 atom stereocenters. The third-order valence-electron chi connectivity index (χ3n) is 5.21. The second-order valence-electron chi connectivity index (χ2n) is 7.10. The van der Waals surface area contributed by atoms with Crippen LogP contribution in [0.3, 0.4) is 0 Å². The molecule has 1 heterocycles. The second kappa shape index (κ2) is 8.27. The number of nitrogens with one attached hydrogen (secondary N) is 1. The molecule has 1 N–H and O–H groups in total. The summed E-state index contributed by atoms with van der Waals surface area (Å²) >= 11 is 0. The lowest BCUT2D eigenvalue weighted by Crippen LogP contribution is -2.35. The van der Waals surface area contributed by atoms with E-state index in [1.165, 1.54) is 17.2 Å². The average molecular weight is 388 g/mol. The number of hydrogen-bond donors (Lipinski definition) is 1. The Hall–Kier alpha value is -3.47. The van der Waals surface area contributed by atoms with E-state index in [-0.39, 0.29) is 24.2 Å². The predicted octanol–water partition coefficient (Wildman–Crippen LogP) is 3.95. The number of fused-ring (bicyclic) bond motifs is 1. The van der Waals surface area contributed by atoms with E-state index in [4.69, 9.17) is 0 Å². The minimum absolute atomic E-state index is 0.0437. The quantitative estimate of drug-likeness (QED) is 0.736. The highest BCUT2D eigenvalue weighted by Gasteiger charge is 2.21. The van der Waals surface area contributed by atoms with Crippen molar-refractivity contribution in [2.45, 2.75) is 19.5 Å². The first kappa shape index (κ1) is 18.9. The molecule has 5 heteroatoms. The van der Waals surface area contributed by atoms with Gasteiger partial charge in [-0.3, -0.25) is 9.59 Å². The predicted molar refractivity (Wildman–Crippen MR) is 109 cm³/mol. The minimum Gasteiger partial charge on any atom is -0.348 e. The van der Waals surface area contributed by atoms with Crippen LogP contribution >= 0.6 is 0 Å². The summed E-state index contributed by atoms with van der Waals surface area (Å²) in [5.74, 6) is -0.700. The number of hydrogen-bond acceptors (Lipinski definition) is 2. The van der Waals surface area contributed by atoms with Crippen molar-refractivity contribution in [3.63, 3.8) is 0 Å². The molecule has 4 rings (SSSR count). The molecule has 0 unspecified atom stereocenters. The molecule has 0 aliphatic carbocycles. The van der Waals surface area contributed by atoms with Crippen molar-refractivity contribution in [2.24, 2.45) is 0 Å². The van der Waals surface area contributed by atoms with Gasteiger partial charge < -0.3 is 10.2 Å². The van der Waals surface area contributed by atoms with Crippen LogP contribution in [0.1, 0.15) is 37.4 Å². The fraction of sp³-hybridized carbons (Fsp3) is 0.167. The molecule has 0 radical (unpaired) electrons. The van der Waals surface area contributed by atoms with Gasteiger partial charge in [0, 0.05) is 36.3 Å². The molecule has 4 nitrogen and oxygen atoms in total. The van der Waals surface area contributed by atoms with Crippen LogP contribution < -0.4 is 5.32 Å². The molecule has 2 amide bonds. The molecule has 0 aromatic heterocycles. The number of halogens is 1. The van der Waals surface area contributed by atoms with Crippen molar-refractivity contribution in [1.82, 2.24) is 10.2 Å². The molecule has 0 saturated heterocycles. The van der Waals surface area contributed by atoms with E-state index >= 15 is 0 Å². The van der Waals surface area contributed by atoms with Crippen LogP contribution in [0, 0.1) is 5.82 Å². The van der Waals surface area contributed by atoms with Gasteiger partial charge in [-0.05, 0) is 47.9 Å². The summed E-state index contributed by atoms with van der Waals surface area (Å²) in [4.78, 5) is 27.0. The normalized spacial score (nSPS) is 12.9. The second-order valence-corrected chi connectivity index (χ2v) is 7.10. The van der Waals surface area contributed by atoms with E-state index < -0.39 is 0 Å². The maximum absolute atomic E-state index is 13.7. The van der Waals surface area contributed by atoms with Crippen LogP contribution in [-0.4, -0.2) is 23.3 Å². The number of amides is 2. The number of carbonyl (C=O) groups excluding carboxylic acids is 2. The molecule has 0 saturated carbocycles. The Balaban J connectivity index is 1.39. The van der Waals surface area contributed by atoms with E-state index in [2.05, 4.69) is 17.4 Å². The molecule has 3 aromatic rings. The molecule has 1 aliphatic rings. The number of carbonyl (C=O) groups is 2. The fourth-order valence-electron chi connectivity index (χ4n) is 3.54. The van der Waals surface area contributed by atoms with Crippen LogP contribution in [0.15, 0.2) is 72.8 Å². The van der Waals surface area contributed by atoms with Crippen molar-refractivity contribution in [3.8, 4) is 0 Å². The Morgan fingerprint density at radius 2 is 1.52 bits per heavy atom. The van der Waals surface area contributed by atoms with Gasteiger partial charge in [0.15, 0.2) is 0 Å². The maximum Gasteiger partial charge on any atom is 0.254 e. The number of benzene rings is 3. The Morgan fingerprint density at radius 3 is 2.28 bits per heavy atom. The van der Waals surface area contributed by atoms with Gasteiger partial charge in [-0.2, -0.15) is 0 Å². The third-order valence-corrected chi connectivity index (χ3v) is 5.21. The van der Waals surface area contributed by atoms with E-state index in [0.717, 1.165) is 6.42 Å². The van der Waals surface area contributed by atoms with Gasteiger partial charge in [-0.15, -0.1) is 0 Å². The average Bonchev–Trinajstić information content (AvgIpc) is 2.77. The lowest BCUT2D eigenvalue weighted by molar-refractivity contribution is 0.0734. The zero-order valence-electron chi connectivity index (χ0n) is 15.9. The summed E-state index contributed by atoms with van der Waals surface area (Å²) < 4.78 is 13.7. The lowest BCUT2D eigenvalue weighted by atomic mass is 9.99. The molecule has 3 aromatic carbocycles. The Kier molecular flexibility index (Phi) is 5.38. The van der Waals surface area contributed by atoms with E-state index in [1.807, 2.05) is 17.0 Å². The van der Waals surface area contributed by atoms with Crippen molar-refractivity contribution in [1.29, 1.82) is 0 Å². The third kappa shape index (κ3) is 4.19. The largest absolute Gasteiger partial charge is 0.348 e. The van der Waals surface area contributed by atoms with Gasteiger partial charge in [0.2, 0.25) is 0 Å².